The lowest BCUT2D eigenvalue weighted by atomic mass is 10.1. The number of thiophene rings is 1. The smallest absolute Gasteiger partial charge is 0.153 e. The number of anilines is 1. The number of aromatic amines is 1. The lowest BCUT2D eigenvalue weighted by Crippen LogP contribution is -1.88. The Balaban J connectivity index is 2.18. The van der Waals surface area contributed by atoms with Gasteiger partial charge in [0.25, 0.3) is 0 Å². The zero-order chi connectivity index (χ0) is 12.5. The molecule has 4 nitrogen and oxygen atoms in total. The van der Waals surface area contributed by atoms with E-state index in [1.807, 2.05) is 12.1 Å². The SMILES string of the molecule is Cc1ccc(-c2[nH]nc(N)c2-c2cccnc2)s1. The highest BCUT2D eigenvalue weighted by atomic mass is 32.1. The number of rotatable bonds is 2. The highest BCUT2D eigenvalue weighted by Gasteiger charge is 2.15. The molecule has 0 aliphatic carbocycles. The summed E-state index contributed by atoms with van der Waals surface area (Å²) in [6.07, 6.45) is 3.54. The molecule has 0 radical (unpaired) electrons. The number of H-pyrrole nitrogens is 1. The Morgan fingerprint density at radius 1 is 1.28 bits per heavy atom. The largest absolute Gasteiger partial charge is 0.382 e. The van der Waals surface area contributed by atoms with Gasteiger partial charge >= 0.3 is 0 Å². The van der Waals surface area contributed by atoms with Crippen molar-refractivity contribution in [3.05, 3.63) is 41.5 Å². The molecule has 3 rings (SSSR count). The first-order valence-corrected chi connectivity index (χ1v) is 6.38. The van der Waals surface area contributed by atoms with E-state index in [-0.39, 0.29) is 0 Å². The molecule has 3 aromatic heterocycles. The summed E-state index contributed by atoms with van der Waals surface area (Å²) < 4.78 is 0. The topological polar surface area (TPSA) is 67.6 Å². The summed E-state index contributed by atoms with van der Waals surface area (Å²) in [6, 6.07) is 8.04. The Morgan fingerprint density at radius 3 is 2.83 bits per heavy atom. The molecule has 0 aliphatic rings. The molecule has 0 atom stereocenters. The van der Waals surface area contributed by atoms with Crippen molar-refractivity contribution in [2.45, 2.75) is 6.92 Å². The summed E-state index contributed by atoms with van der Waals surface area (Å²) in [5.74, 6) is 0.504. The van der Waals surface area contributed by atoms with E-state index in [1.54, 1.807) is 23.7 Å². The van der Waals surface area contributed by atoms with Gasteiger partial charge in [-0.2, -0.15) is 5.10 Å². The summed E-state index contributed by atoms with van der Waals surface area (Å²) in [6.45, 7) is 2.08. The van der Waals surface area contributed by atoms with E-state index in [0.717, 1.165) is 21.7 Å². The van der Waals surface area contributed by atoms with Gasteiger partial charge in [-0.05, 0) is 25.1 Å². The minimum absolute atomic E-state index is 0.504. The van der Waals surface area contributed by atoms with E-state index in [2.05, 4.69) is 34.2 Å². The molecule has 0 unspecified atom stereocenters. The van der Waals surface area contributed by atoms with Crippen LogP contribution in [-0.2, 0) is 0 Å². The van der Waals surface area contributed by atoms with Crippen molar-refractivity contribution in [1.82, 2.24) is 15.2 Å². The molecule has 3 N–H and O–H groups in total. The zero-order valence-electron chi connectivity index (χ0n) is 9.84. The first-order chi connectivity index (χ1) is 8.75. The first-order valence-electron chi connectivity index (χ1n) is 5.57. The number of aromatic nitrogens is 3. The zero-order valence-corrected chi connectivity index (χ0v) is 10.7. The molecular formula is C13H12N4S. The summed E-state index contributed by atoms with van der Waals surface area (Å²) >= 11 is 1.72. The molecule has 0 saturated heterocycles. The fourth-order valence-corrected chi connectivity index (χ4v) is 2.77. The van der Waals surface area contributed by atoms with Gasteiger partial charge in [0.05, 0.1) is 16.1 Å². The second kappa shape index (κ2) is 4.27. The highest BCUT2D eigenvalue weighted by Crippen LogP contribution is 2.37. The van der Waals surface area contributed by atoms with Crippen LogP contribution >= 0.6 is 11.3 Å². The number of hydrogen-bond acceptors (Lipinski definition) is 4. The third-order valence-electron chi connectivity index (χ3n) is 2.73. The molecule has 0 bridgehead atoms. The van der Waals surface area contributed by atoms with E-state index in [1.165, 1.54) is 4.88 Å². The molecule has 18 heavy (non-hydrogen) atoms. The van der Waals surface area contributed by atoms with Crippen molar-refractivity contribution in [2.75, 3.05) is 5.73 Å². The fourth-order valence-electron chi connectivity index (χ4n) is 1.91. The average molecular weight is 256 g/mol. The normalized spacial score (nSPS) is 10.7. The Labute approximate surface area is 109 Å². The molecule has 3 aromatic rings. The minimum atomic E-state index is 0.504. The maximum absolute atomic E-state index is 5.95. The number of hydrogen-bond donors (Lipinski definition) is 2. The Morgan fingerprint density at radius 2 is 2.17 bits per heavy atom. The molecule has 0 aliphatic heterocycles. The van der Waals surface area contributed by atoms with E-state index < -0.39 is 0 Å². The fraction of sp³-hybridized carbons (Fsp3) is 0.0769. The number of nitrogen functional groups attached to an aromatic ring is 1. The van der Waals surface area contributed by atoms with E-state index >= 15 is 0 Å². The summed E-state index contributed by atoms with van der Waals surface area (Å²) in [5.41, 5.74) is 8.81. The Hall–Kier alpha value is -2.14. The summed E-state index contributed by atoms with van der Waals surface area (Å²) in [4.78, 5) is 6.52. The third-order valence-corrected chi connectivity index (χ3v) is 3.75. The highest BCUT2D eigenvalue weighted by molar-refractivity contribution is 7.15. The quantitative estimate of drug-likeness (QED) is 0.740. The van der Waals surface area contributed by atoms with Gasteiger partial charge in [-0.1, -0.05) is 6.07 Å². The van der Waals surface area contributed by atoms with E-state index in [0.29, 0.717) is 5.82 Å². The summed E-state index contributed by atoms with van der Waals surface area (Å²) in [5, 5.41) is 7.12. The van der Waals surface area contributed by atoms with Gasteiger partial charge in [0.1, 0.15) is 0 Å². The van der Waals surface area contributed by atoms with Crippen LogP contribution in [-0.4, -0.2) is 15.2 Å². The van der Waals surface area contributed by atoms with Crippen LogP contribution in [0.4, 0.5) is 5.82 Å². The Bertz CT molecular complexity index is 669. The second-order valence-electron chi connectivity index (χ2n) is 4.01. The van der Waals surface area contributed by atoms with Crippen LogP contribution in [0, 0.1) is 6.92 Å². The molecule has 0 amide bonds. The maximum Gasteiger partial charge on any atom is 0.153 e. The van der Waals surface area contributed by atoms with Crippen LogP contribution in [0.3, 0.4) is 0 Å². The first kappa shape index (κ1) is 11.0. The van der Waals surface area contributed by atoms with Crippen molar-refractivity contribution >= 4 is 17.2 Å². The van der Waals surface area contributed by atoms with Gasteiger partial charge < -0.3 is 5.73 Å². The monoisotopic (exact) mass is 256 g/mol. The molecule has 0 aromatic carbocycles. The van der Waals surface area contributed by atoms with Crippen molar-refractivity contribution < 1.29 is 0 Å². The number of nitrogens with two attached hydrogens (primary N) is 1. The van der Waals surface area contributed by atoms with Crippen molar-refractivity contribution in [3.8, 4) is 21.7 Å². The molecule has 0 spiro atoms. The van der Waals surface area contributed by atoms with Gasteiger partial charge in [0.15, 0.2) is 5.82 Å². The summed E-state index contributed by atoms with van der Waals surface area (Å²) in [7, 11) is 0. The van der Waals surface area contributed by atoms with Gasteiger partial charge in [0.2, 0.25) is 0 Å². The number of aryl methyl sites for hydroxylation is 1. The molecule has 5 heteroatoms. The van der Waals surface area contributed by atoms with Crippen LogP contribution in [0.15, 0.2) is 36.7 Å². The standard InChI is InChI=1S/C13H12N4S/c1-8-4-5-10(18-8)12-11(13(14)17-16-12)9-3-2-6-15-7-9/h2-7H,1H3,(H3,14,16,17). The third kappa shape index (κ3) is 1.78. The second-order valence-corrected chi connectivity index (χ2v) is 5.30. The minimum Gasteiger partial charge on any atom is -0.382 e. The molecule has 90 valence electrons. The molecule has 0 saturated carbocycles. The van der Waals surface area contributed by atoms with Crippen LogP contribution in [0.1, 0.15) is 4.88 Å². The number of pyridine rings is 1. The molecule has 3 heterocycles. The number of nitrogens with one attached hydrogen (secondary N) is 1. The van der Waals surface area contributed by atoms with Gasteiger partial charge in [-0.25, -0.2) is 0 Å². The maximum atomic E-state index is 5.95. The Kier molecular flexibility index (Phi) is 2.60. The van der Waals surface area contributed by atoms with Crippen LogP contribution in [0.5, 0.6) is 0 Å². The van der Waals surface area contributed by atoms with Crippen molar-refractivity contribution in [1.29, 1.82) is 0 Å². The predicted molar refractivity (Wildman–Crippen MR) is 74.3 cm³/mol. The van der Waals surface area contributed by atoms with Gasteiger partial charge in [0, 0.05) is 22.8 Å². The van der Waals surface area contributed by atoms with Crippen LogP contribution in [0.25, 0.3) is 21.7 Å². The van der Waals surface area contributed by atoms with Crippen LogP contribution < -0.4 is 5.73 Å². The molecular weight excluding hydrogens is 244 g/mol. The van der Waals surface area contributed by atoms with E-state index in [9.17, 15) is 0 Å². The van der Waals surface area contributed by atoms with Gasteiger partial charge in [-0.3, -0.25) is 10.1 Å². The van der Waals surface area contributed by atoms with Crippen LogP contribution in [0.2, 0.25) is 0 Å². The average Bonchev–Trinajstić information content (AvgIpc) is 2.96. The van der Waals surface area contributed by atoms with Crippen molar-refractivity contribution in [2.24, 2.45) is 0 Å². The lowest BCUT2D eigenvalue weighted by molar-refractivity contribution is 1.11. The predicted octanol–water partition coefficient (Wildman–Crippen LogP) is 3.09. The van der Waals surface area contributed by atoms with Gasteiger partial charge in [-0.15, -0.1) is 11.3 Å². The van der Waals surface area contributed by atoms with Crippen molar-refractivity contribution in [3.63, 3.8) is 0 Å². The van der Waals surface area contributed by atoms with E-state index in [4.69, 9.17) is 5.73 Å². The number of nitrogens with zero attached hydrogens (tertiary/aromatic N) is 2. The lowest BCUT2D eigenvalue weighted by Gasteiger charge is -2.01. The molecule has 0 fully saturated rings.